The number of aromatic nitrogens is 2. The summed E-state index contributed by atoms with van der Waals surface area (Å²) in [7, 11) is 0. The van der Waals surface area contributed by atoms with Crippen molar-refractivity contribution in [2.75, 3.05) is 18.1 Å². The van der Waals surface area contributed by atoms with E-state index >= 15 is 0 Å². The molecular formula is C9H12N6. The van der Waals surface area contributed by atoms with Crippen LogP contribution in [0.15, 0.2) is 30.0 Å². The van der Waals surface area contributed by atoms with Gasteiger partial charge in [0.1, 0.15) is 0 Å². The van der Waals surface area contributed by atoms with Crippen LogP contribution in [0.5, 0.6) is 0 Å². The highest BCUT2D eigenvalue weighted by Crippen LogP contribution is 2.22. The predicted octanol–water partition coefficient (Wildman–Crippen LogP) is -0.489. The second-order valence-corrected chi connectivity index (χ2v) is 3.49. The van der Waals surface area contributed by atoms with Crippen LogP contribution in [0.3, 0.4) is 0 Å². The van der Waals surface area contributed by atoms with Gasteiger partial charge in [-0.2, -0.15) is 0 Å². The lowest BCUT2D eigenvalue weighted by molar-refractivity contribution is 0.633. The summed E-state index contributed by atoms with van der Waals surface area (Å²) >= 11 is 0. The van der Waals surface area contributed by atoms with Gasteiger partial charge < -0.3 is 10.7 Å². The third-order valence-corrected chi connectivity index (χ3v) is 2.56. The number of nitrogens with zero attached hydrogens (tertiary/aromatic N) is 3. The van der Waals surface area contributed by atoms with Crippen molar-refractivity contribution in [2.45, 2.75) is 6.42 Å². The molecule has 3 N–H and O–H groups in total. The SMILES string of the molecule is c1cnc(N2NNC3=C2CCNC3)cn1. The zero-order valence-electron chi connectivity index (χ0n) is 8.20. The predicted molar refractivity (Wildman–Crippen MR) is 55.3 cm³/mol. The Morgan fingerprint density at radius 2 is 2.33 bits per heavy atom. The Morgan fingerprint density at radius 3 is 3.20 bits per heavy atom. The van der Waals surface area contributed by atoms with Gasteiger partial charge in [-0.25, -0.2) is 9.99 Å². The molecule has 0 unspecified atom stereocenters. The summed E-state index contributed by atoms with van der Waals surface area (Å²) < 4.78 is 0. The average Bonchev–Trinajstić information content (AvgIpc) is 2.74. The van der Waals surface area contributed by atoms with E-state index in [0.717, 1.165) is 25.3 Å². The molecule has 78 valence electrons. The molecule has 6 nitrogen and oxygen atoms in total. The Hall–Kier alpha value is -1.66. The zero-order chi connectivity index (χ0) is 10.1. The van der Waals surface area contributed by atoms with Gasteiger partial charge in [-0.05, 0) is 0 Å². The quantitative estimate of drug-likeness (QED) is 0.574. The van der Waals surface area contributed by atoms with Crippen molar-refractivity contribution in [1.82, 2.24) is 26.2 Å². The molecule has 0 spiro atoms. The molecule has 0 saturated carbocycles. The summed E-state index contributed by atoms with van der Waals surface area (Å²) in [6, 6.07) is 0. The fourth-order valence-corrected chi connectivity index (χ4v) is 1.83. The smallest absolute Gasteiger partial charge is 0.167 e. The third kappa shape index (κ3) is 1.43. The van der Waals surface area contributed by atoms with Gasteiger partial charge in [0, 0.05) is 31.9 Å². The van der Waals surface area contributed by atoms with Gasteiger partial charge >= 0.3 is 0 Å². The zero-order valence-corrected chi connectivity index (χ0v) is 8.20. The molecule has 0 bridgehead atoms. The van der Waals surface area contributed by atoms with Crippen LogP contribution in [0, 0.1) is 0 Å². The Labute approximate surface area is 87.3 Å². The maximum absolute atomic E-state index is 4.26. The van der Waals surface area contributed by atoms with E-state index in [4.69, 9.17) is 0 Å². The van der Waals surface area contributed by atoms with Crippen LogP contribution in [0.25, 0.3) is 0 Å². The standard InChI is InChI=1S/C9H12N6/c1-2-10-5-7-8(1)15(14-13-7)9-6-11-3-4-12-9/h3-4,6,10,13-14H,1-2,5H2. The fourth-order valence-electron chi connectivity index (χ4n) is 1.83. The minimum Gasteiger partial charge on any atom is -0.311 e. The van der Waals surface area contributed by atoms with Gasteiger partial charge in [-0.3, -0.25) is 4.98 Å². The van der Waals surface area contributed by atoms with Crippen LogP contribution in [-0.4, -0.2) is 23.1 Å². The highest BCUT2D eigenvalue weighted by molar-refractivity contribution is 5.46. The Morgan fingerprint density at radius 1 is 1.33 bits per heavy atom. The van der Waals surface area contributed by atoms with E-state index in [1.165, 1.54) is 11.4 Å². The maximum atomic E-state index is 4.26. The summed E-state index contributed by atoms with van der Waals surface area (Å²) in [6.07, 6.45) is 6.10. The molecule has 0 radical (unpaired) electrons. The molecule has 0 amide bonds. The van der Waals surface area contributed by atoms with Crippen LogP contribution in [-0.2, 0) is 0 Å². The van der Waals surface area contributed by atoms with Crippen LogP contribution >= 0.6 is 0 Å². The van der Waals surface area contributed by atoms with Gasteiger partial charge in [0.2, 0.25) is 0 Å². The van der Waals surface area contributed by atoms with Gasteiger partial charge in [-0.15, -0.1) is 5.53 Å². The number of hydrazine groups is 2. The summed E-state index contributed by atoms with van der Waals surface area (Å²) in [6.45, 7) is 1.87. The molecule has 2 aliphatic heterocycles. The van der Waals surface area contributed by atoms with Crippen molar-refractivity contribution in [3.63, 3.8) is 0 Å². The van der Waals surface area contributed by atoms with E-state index in [0.29, 0.717) is 0 Å². The van der Waals surface area contributed by atoms with Crippen molar-refractivity contribution in [1.29, 1.82) is 0 Å². The van der Waals surface area contributed by atoms with Crippen molar-refractivity contribution in [3.05, 3.63) is 30.0 Å². The number of hydrogen-bond acceptors (Lipinski definition) is 6. The monoisotopic (exact) mass is 204 g/mol. The molecule has 1 aromatic rings. The topological polar surface area (TPSA) is 65.1 Å². The first-order chi connectivity index (χ1) is 7.45. The van der Waals surface area contributed by atoms with E-state index in [2.05, 4.69) is 26.2 Å². The highest BCUT2D eigenvalue weighted by atomic mass is 15.7. The molecular weight excluding hydrogens is 192 g/mol. The molecule has 15 heavy (non-hydrogen) atoms. The van der Waals surface area contributed by atoms with Gasteiger partial charge in [0.05, 0.1) is 17.6 Å². The molecule has 0 fully saturated rings. The van der Waals surface area contributed by atoms with Crippen LogP contribution in [0.4, 0.5) is 5.82 Å². The van der Waals surface area contributed by atoms with E-state index in [1.54, 1.807) is 18.6 Å². The highest BCUT2D eigenvalue weighted by Gasteiger charge is 2.25. The molecule has 0 aromatic carbocycles. The molecule has 1 aromatic heterocycles. The lowest BCUT2D eigenvalue weighted by atomic mass is 10.2. The Balaban J connectivity index is 1.93. The first-order valence-corrected chi connectivity index (χ1v) is 4.96. The number of nitrogens with one attached hydrogen (secondary N) is 3. The number of hydrogen-bond donors (Lipinski definition) is 3. The van der Waals surface area contributed by atoms with Crippen LogP contribution < -0.4 is 21.3 Å². The van der Waals surface area contributed by atoms with Crippen LogP contribution in [0.1, 0.15) is 6.42 Å². The molecule has 3 heterocycles. The lowest BCUT2D eigenvalue weighted by Gasteiger charge is -2.21. The molecule has 3 rings (SSSR count). The van der Waals surface area contributed by atoms with Crippen molar-refractivity contribution in [2.24, 2.45) is 0 Å². The molecule has 0 atom stereocenters. The van der Waals surface area contributed by atoms with Crippen molar-refractivity contribution >= 4 is 5.82 Å². The minimum atomic E-state index is 0.817. The van der Waals surface area contributed by atoms with E-state index in [9.17, 15) is 0 Å². The van der Waals surface area contributed by atoms with E-state index in [-0.39, 0.29) is 0 Å². The second-order valence-electron chi connectivity index (χ2n) is 3.49. The largest absolute Gasteiger partial charge is 0.311 e. The lowest BCUT2D eigenvalue weighted by Crippen LogP contribution is -2.38. The van der Waals surface area contributed by atoms with Crippen molar-refractivity contribution < 1.29 is 0 Å². The fraction of sp³-hybridized carbons (Fsp3) is 0.333. The van der Waals surface area contributed by atoms with Gasteiger partial charge in [-0.1, -0.05) is 0 Å². The van der Waals surface area contributed by atoms with Gasteiger partial charge in [0.15, 0.2) is 5.82 Å². The number of rotatable bonds is 1. The summed E-state index contributed by atoms with van der Waals surface area (Å²) in [5.74, 6) is 0.817. The van der Waals surface area contributed by atoms with E-state index < -0.39 is 0 Å². The average molecular weight is 204 g/mol. The van der Waals surface area contributed by atoms with Crippen LogP contribution in [0.2, 0.25) is 0 Å². The van der Waals surface area contributed by atoms with Gasteiger partial charge in [0.25, 0.3) is 0 Å². The first-order valence-electron chi connectivity index (χ1n) is 4.96. The first kappa shape index (κ1) is 8.63. The minimum absolute atomic E-state index is 0.817. The normalized spacial score (nSPS) is 20.1. The second kappa shape index (κ2) is 3.48. The molecule has 0 aliphatic carbocycles. The Bertz CT molecular complexity index is 387. The Kier molecular flexibility index (Phi) is 2.01. The molecule has 6 heteroatoms. The number of anilines is 1. The summed E-state index contributed by atoms with van der Waals surface area (Å²) in [4.78, 5) is 8.31. The maximum Gasteiger partial charge on any atom is 0.167 e. The third-order valence-electron chi connectivity index (χ3n) is 2.56. The molecule has 0 saturated heterocycles. The van der Waals surface area contributed by atoms with Crippen molar-refractivity contribution in [3.8, 4) is 0 Å². The molecule has 2 aliphatic rings. The summed E-state index contributed by atoms with van der Waals surface area (Å²) in [5, 5.41) is 5.25. The van der Waals surface area contributed by atoms with E-state index in [1.807, 2.05) is 5.01 Å². The summed E-state index contributed by atoms with van der Waals surface area (Å²) in [5.41, 5.74) is 8.65.